The number of hydrogen-bond donors (Lipinski definition) is 3. The molecule has 0 radical (unpaired) electrons. The molecule has 2 aromatic rings. The molecule has 1 aromatic heterocycles. The predicted molar refractivity (Wildman–Crippen MR) is 112 cm³/mol. The first-order valence-corrected chi connectivity index (χ1v) is 9.93. The fourth-order valence-electron chi connectivity index (χ4n) is 3.43. The van der Waals surface area contributed by atoms with Crippen molar-refractivity contribution in [2.45, 2.75) is 26.3 Å². The van der Waals surface area contributed by atoms with E-state index in [1.165, 1.54) is 6.07 Å². The van der Waals surface area contributed by atoms with Gasteiger partial charge < -0.3 is 15.1 Å². The van der Waals surface area contributed by atoms with Gasteiger partial charge in [0.2, 0.25) is 5.91 Å². The molecule has 3 amide bonds. The SMILES string of the molecule is CC(=O)N1CCN(c2ccc(CCc3ccc(CNC(=O)NN)cc3F)nc2)CC1. The van der Waals surface area contributed by atoms with Gasteiger partial charge >= 0.3 is 6.03 Å². The number of halogens is 1. The summed E-state index contributed by atoms with van der Waals surface area (Å²) in [6.45, 7) is 4.82. The van der Waals surface area contributed by atoms with E-state index in [4.69, 9.17) is 5.84 Å². The van der Waals surface area contributed by atoms with Crippen molar-refractivity contribution in [2.24, 2.45) is 5.84 Å². The topological polar surface area (TPSA) is 104 Å². The molecular formula is C21H27FN6O2. The number of rotatable bonds is 6. The van der Waals surface area contributed by atoms with Gasteiger partial charge in [0, 0.05) is 45.3 Å². The molecule has 1 saturated heterocycles. The second kappa shape index (κ2) is 10.0. The van der Waals surface area contributed by atoms with E-state index >= 15 is 0 Å². The molecule has 4 N–H and O–H groups in total. The summed E-state index contributed by atoms with van der Waals surface area (Å²) < 4.78 is 14.3. The normalized spacial score (nSPS) is 13.8. The molecule has 1 aromatic carbocycles. The van der Waals surface area contributed by atoms with Crippen LogP contribution in [-0.2, 0) is 24.2 Å². The molecule has 0 unspecified atom stereocenters. The van der Waals surface area contributed by atoms with E-state index in [-0.39, 0.29) is 18.3 Å². The van der Waals surface area contributed by atoms with Crippen molar-refractivity contribution in [3.63, 3.8) is 0 Å². The number of anilines is 1. The van der Waals surface area contributed by atoms with Crippen molar-refractivity contribution in [1.82, 2.24) is 20.6 Å². The largest absolute Gasteiger partial charge is 0.367 e. The number of nitrogens with zero attached hydrogens (tertiary/aromatic N) is 3. The Balaban J connectivity index is 1.51. The minimum atomic E-state index is -0.519. The molecule has 8 nitrogen and oxygen atoms in total. The summed E-state index contributed by atoms with van der Waals surface area (Å²) in [5.41, 5.74) is 5.15. The lowest BCUT2D eigenvalue weighted by Crippen LogP contribution is -2.48. The molecule has 0 saturated carbocycles. The minimum Gasteiger partial charge on any atom is -0.367 e. The van der Waals surface area contributed by atoms with Crippen LogP contribution in [0.5, 0.6) is 0 Å². The first-order chi connectivity index (χ1) is 14.5. The zero-order chi connectivity index (χ0) is 21.5. The number of benzene rings is 1. The average Bonchev–Trinajstić information content (AvgIpc) is 2.77. The van der Waals surface area contributed by atoms with Crippen LogP contribution in [0.4, 0.5) is 14.9 Å². The zero-order valence-corrected chi connectivity index (χ0v) is 17.0. The van der Waals surface area contributed by atoms with Gasteiger partial charge in [0.25, 0.3) is 0 Å². The Labute approximate surface area is 175 Å². The first kappa shape index (κ1) is 21.5. The molecule has 3 rings (SSSR count). The molecule has 1 aliphatic rings. The highest BCUT2D eigenvalue weighted by atomic mass is 19.1. The highest BCUT2D eigenvalue weighted by molar-refractivity contribution is 5.73. The summed E-state index contributed by atoms with van der Waals surface area (Å²) in [4.78, 5) is 31.1. The Morgan fingerprint density at radius 1 is 1.13 bits per heavy atom. The number of aryl methyl sites for hydroxylation is 2. The van der Waals surface area contributed by atoms with Gasteiger partial charge in [-0.25, -0.2) is 15.0 Å². The standard InChI is InChI=1S/C21H27FN6O2/c1-15(29)27-8-10-28(11-9-27)19-7-6-18(24-14-19)5-4-17-3-2-16(12-20(17)22)13-25-21(30)26-23/h2-3,6-7,12,14H,4-5,8-11,13,23H2,1H3,(H2,25,26,30). The molecule has 160 valence electrons. The van der Waals surface area contributed by atoms with Crippen LogP contribution >= 0.6 is 0 Å². The Morgan fingerprint density at radius 2 is 1.90 bits per heavy atom. The molecule has 1 aliphatic heterocycles. The van der Waals surface area contributed by atoms with Crippen molar-refractivity contribution in [3.05, 3.63) is 59.2 Å². The van der Waals surface area contributed by atoms with Crippen LogP contribution in [0, 0.1) is 5.82 Å². The molecule has 0 aliphatic carbocycles. The zero-order valence-electron chi connectivity index (χ0n) is 17.0. The number of nitrogens with two attached hydrogens (primary N) is 1. The van der Waals surface area contributed by atoms with Crippen molar-refractivity contribution in [1.29, 1.82) is 0 Å². The lowest BCUT2D eigenvalue weighted by Gasteiger charge is -2.35. The Hall–Kier alpha value is -3.20. The second-order valence-electron chi connectivity index (χ2n) is 7.25. The van der Waals surface area contributed by atoms with Crippen molar-refractivity contribution in [3.8, 4) is 0 Å². The summed E-state index contributed by atoms with van der Waals surface area (Å²) in [7, 11) is 0. The fourth-order valence-corrected chi connectivity index (χ4v) is 3.43. The van der Waals surface area contributed by atoms with E-state index in [1.54, 1.807) is 19.1 Å². The summed E-state index contributed by atoms with van der Waals surface area (Å²) in [6, 6.07) is 8.41. The lowest BCUT2D eigenvalue weighted by atomic mass is 10.0. The third-order valence-corrected chi connectivity index (χ3v) is 5.25. The maximum atomic E-state index is 14.3. The Morgan fingerprint density at radius 3 is 2.50 bits per heavy atom. The molecule has 0 spiro atoms. The van der Waals surface area contributed by atoms with E-state index in [9.17, 15) is 14.0 Å². The second-order valence-corrected chi connectivity index (χ2v) is 7.25. The molecular weight excluding hydrogens is 387 g/mol. The van der Waals surface area contributed by atoms with Crippen LogP contribution in [0.25, 0.3) is 0 Å². The van der Waals surface area contributed by atoms with Gasteiger partial charge in [-0.15, -0.1) is 0 Å². The summed E-state index contributed by atoms with van der Waals surface area (Å²) >= 11 is 0. The number of carbonyl (C=O) groups is 2. The Bertz CT molecular complexity index is 882. The van der Waals surface area contributed by atoms with Gasteiger partial charge in [0.05, 0.1) is 11.9 Å². The molecule has 0 atom stereocenters. The number of nitrogens with one attached hydrogen (secondary N) is 2. The molecule has 2 heterocycles. The van der Waals surface area contributed by atoms with Crippen LogP contribution in [0.1, 0.15) is 23.7 Å². The van der Waals surface area contributed by atoms with E-state index in [2.05, 4.69) is 15.2 Å². The number of aromatic nitrogens is 1. The third kappa shape index (κ3) is 5.66. The molecule has 0 bridgehead atoms. The quantitative estimate of drug-likeness (QED) is 0.376. The summed E-state index contributed by atoms with van der Waals surface area (Å²) in [6.07, 6.45) is 3.00. The van der Waals surface area contributed by atoms with Gasteiger partial charge in [-0.1, -0.05) is 12.1 Å². The average molecular weight is 414 g/mol. The van der Waals surface area contributed by atoms with Crippen LogP contribution in [-0.4, -0.2) is 48.0 Å². The highest BCUT2D eigenvalue weighted by Crippen LogP contribution is 2.17. The Kier molecular flexibility index (Phi) is 7.18. The fraction of sp³-hybridized carbons (Fsp3) is 0.381. The number of hydrogen-bond acceptors (Lipinski definition) is 5. The predicted octanol–water partition coefficient (Wildman–Crippen LogP) is 1.35. The highest BCUT2D eigenvalue weighted by Gasteiger charge is 2.18. The van der Waals surface area contributed by atoms with Gasteiger partial charge in [0.15, 0.2) is 0 Å². The minimum absolute atomic E-state index is 0.112. The number of hydrazine groups is 1. The van der Waals surface area contributed by atoms with Gasteiger partial charge in [-0.2, -0.15) is 0 Å². The number of carbonyl (C=O) groups excluding carboxylic acids is 2. The van der Waals surface area contributed by atoms with Crippen LogP contribution < -0.4 is 21.5 Å². The van der Waals surface area contributed by atoms with Crippen molar-refractivity contribution >= 4 is 17.6 Å². The third-order valence-electron chi connectivity index (χ3n) is 5.25. The molecule has 30 heavy (non-hydrogen) atoms. The first-order valence-electron chi connectivity index (χ1n) is 9.93. The molecule has 1 fully saturated rings. The van der Waals surface area contributed by atoms with Crippen molar-refractivity contribution in [2.75, 3.05) is 31.1 Å². The van der Waals surface area contributed by atoms with Gasteiger partial charge in [-0.3, -0.25) is 15.2 Å². The van der Waals surface area contributed by atoms with Gasteiger partial charge in [0.1, 0.15) is 5.82 Å². The summed E-state index contributed by atoms with van der Waals surface area (Å²) in [5.74, 6) is 4.80. The van der Waals surface area contributed by atoms with Crippen LogP contribution in [0.2, 0.25) is 0 Å². The van der Waals surface area contributed by atoms with E-state index in [1.807, 2.05) is 28.7 Å². The van der Waals surface area contributed by atoms with Gasteiger partial charge in [-0.05, 0) is 42.2 Å². The van der Waals surface area contributed by atoms with E-state index in [0.717, 1.165) is 37.6 Å². The number of amides is 3. The maximum Gasteiger partial charge on any atom is 0.329 e. The van der Waals surface area contributed by atoms with Crippen LogP contribution in [0.3, 0.4) is 0 Å². The molecule has 9 heteroatoms. The smallest absolute Gasteiger partial charge is 0.329 e. The number of urea groups is 1. The number of piperazine rings is 1. The van der Waals surface area contributed by atoms with Crippen LogP contribution in [0.15, 0.2) is 36.5 Å². The van der Waals surface area contributed by atoms with Crippen molar-refractivity contribution < 1.29 is 14.0 Å². The maximum absolute atomic E-state index is 14.3. The van der Waals surface area contributed by atoms with E-state index < -0.39 is 6.03 Å². The van der Waals surface area contributed by atoms with E-state index in [0.29, 0.717) is 24.0 Å². The monoisotopic (exact) mass is 414 g/mol. The summed E-state index contributed by atoms with van der Waals surface area (Å²) in [5, 5.41) is 2.52. The number of pyridine rings is 1. The lowest BCUT2D eigenvalue weighted by molar-refractivity contribution is -0.129.